The molecule has 2 nitrogen and oxygen atoms in total. The summed E-state index contributed by atoms with van der Waals surface area (Å²) in [6.45, 7) is 4.67. The highest BCUT2D eigenvalue weighted by molar-refractivity contribution is 7.10. The van der Waals surface area contributed by atoms with Crippen LogP contribution in [0.3, 0.4) is 0 Å². The molecule has 4 heteroatoms. The van der Waals surface area contributed by atoms with Crippen LogP contribution in [0.2, 0.25) is 0 Å². The van der Waals surface area contributed by atoms with Crippen molar-refractivity contribution in [2.24, 2.45) is 0 Å². The third kappa shape index (κ3) is 3.62. The summed E-state index contributed by atoms with van der Waals surface area (Å²) in [4.78, 5) is 0.957. The zero-order valence-electron chi connectivity index (χ0n) is 11.1. The summed E-state index contributed by atoms with van der Waals surface area (Å²) >= 11 is 1.54. The van der Waals surface area contributed by atoms with E-state index in [9.17, 15) is 9.50 Å². The molecule has 0 radical (unpaired) electrons. The van der Waals surface area contributed by atoms with E-state index >= 15 is 0 Å². The van der Waals surface area contributed by atoms with Crippen molar-refractivity contribution in [1.82, 2.24) is 5.32 Å². The average molecular weight is 279 g/mol. The van der Waals surface area contributed by atoms with Crippen molar-refractivity contribution in [3.63, 3.8) is 0 Å². The molecule has 0 saturated heterocycles. The molecule has 0 amide bonds. The van der Waals surface area contributed by atoms with Gasteiger partial charge in [0.05, 0.1) is 0 Å². The maximum absolute atomic E-state index is 13.5. The first-order valence-electron chi connectivity index (χ1n) is 6.25. The Morgan fingerprint density at radius 1 is 1.32 bits per heavy atom. The van der Waals surface area contributed by atoms with Gasteiger partial charge in [-0.2, -0.15) is 0 Å². The molecular weight excluding hydrogens is 261 g/mol. The van der Waals surface area contributed by atoms with Crippen molar-refractivity contribution in [2.45, 2.75) is 26.5 Å². The smallest absolute Gasteiger partial charge is 0.129 e. The Morgan fingerprint density at radius 2 is 2.00 bits per heavy atom. The molecule has 1 aromatic carbocycles. The first-order chi connectivity index (χ1) is 9.08. The second-order valence-electron chi connectivity index (χ2n) is 4.71. The number of benzene rings is 1. The van der Waals surface area contributed by atoms with Gasteiger partial charge in [0.2, 0.25) is 0 Å². The second-order valence-corrected chi connectivity index (χ2v) is 5.68. The van der Waals surface area contributed by atoms with Crippen LogP contribution in [-0.4, -0.2) is 11.7 Å². The van der Waals surface area contributed by atoms with Crippen molar-refractivity contribution in [3.05, 3.63) is 57.0 Å². The minimum absolute atomic E-state index is 0.137. The molecule has 1 unspecified atom stereocenters. The highest BCUT2D eigenvalue weighted by Gasteiger charge is 2.08. The minimum atomic E-state index is -0.484. The SMILES string of the molecule is Cc1cc(CNCC(O)c2cccs2)cc(C)c1F. The van der Waals surface area contributed by atoms with Crippen LogP contribution in [0.4, 0.5) is 4.39 Å². The molecule has 0 fully saturated rings. The van der Waals surface area contributed by atoms with Crippen molar-refractivity contribution >= 4 is 11.3 Å². The van der Waals surface area contributed by atoms with Crippen LogP contribution in [0.5, 0.6) is 0 Å². The molecule has 0 saturated carbocycles. The first kappa shape index (κ1) is 14.2. The van der Waals surface area contributed by atoms with Gasteiger partial charge in [0.25, 0.3) is 0 Å². The lowest BCUT2D eigenvalue weighted by atomic mass is 10.1. The molecule has 102 valence electrons. The van der Waals surface area contributed by atoms with Gasteiger partial charge in [0.1, 0.15) is 11.9 Å². The largest absolute Gasteiger partial charge is 0.386 e. The lowest BCUT2D eigenvalue weighted by molar-refractivity contribution is 0.178. The van der Waals surface area contributed by atoms with Gasteiger partial charge in [-0.3, -0.25) is 0 Å². The normalized spacial score (nSPS) is 12.6. The minimum Gasteiger partial charge on any atom is -0.386 e. The third-order valence-corrected chi connectivity index (χ3v) is 4.01. The maximum atomic E-state index is 13.5. The molecule has 2 N–H and O–H groups in total. The fourth-order valence-corrected chi connectivity index (χ4v) is 2.78. The molecule has 1 atom stereocenters. The number of halogens is 1. The van der Waals surface area contributed by atoms with Crippen molar-refractivity contribution in [3.8, 4) is 0 Å². The number of aryl methyl sites for hydroxylation is 2. The van der Waals surface area contributed by atoms with E-state index < -0.39 is 6.10 Å². The van der Waals surface area contributed by atoms with Gasteiger partial charge < -0.3 is 10.4 Å². The van der Waals surface area contributed by atoms with Crippen molar-refractivity contribution in [1.29, 1.82) is 0 Å². The number of hydrogen-bond donors (Lipinski definition) is 2. The maximum Gasteiger partial charge on any atom is 0.129 e. The van der Waals surface area contributed by atoms with E-state index in [2.05, 4.69) is 5.32 Å². The van der Waals surface area contributed by atoms with Crippen LogP contribution in [-0.2, 0) is 6.54 Å². The Morgan fingerprint density at radius 3 is 2.58 bits per heavy atom. The van der Waals surface area contributed by atoms with Crippen molar-refractivity contribution in [2.75, 3.05) is 6.54 Å². The Hall–Kier alpha value is -1.23. The Balaban J connectivity index is 1.89. The Kier molecular flexibility index (Phi) is 4.69. The zero-order valence-corrected chi connectivity index (χ0v) is 11.9. The van der Waals surface area contributed by atoms with Gasteiger partial charge in [-0.1, -0.05) is 18.2 Å². The van der Waals surface area contributed by atoms with Crippen LogP contribution in [0.25, 0.3) is 0 Å². The molecule has 0 aliphatic heterocycles. The van der Waals surface area contributed by atoms with E-state index in [1.165, 1.54) is 0 Å². The van der Waals surface area contributed by atoms with Crippen LogP contribution in [0, 0.1) is 19.7 Å². The van der Waals surface area contributed by atoms with Gasteiger partial charge in [0, 0.05) is 18.0 Å². The first-order valence-corrected chi connectivity index (χ1v) is 7.13. The van der Waals surface area contributed by atoms with Crippen LogP contribution in [0.15, 0.2) is 29.6 Å². The Labute approximate surface area is 116 Å². The third-order valence-electron chi connectivity index (χ3n) is 3.03. The van der Waals surface area contributed by atoms with Crippen molar-refractivity contribution < 1.29 is 9.50 Å². The number of thiophene rings is 1. The summed E-state index contributed by atoms with van der Waals surface area (Å²) in [7, 11) is 0. The molecule has 2 rings (SSSR count). The number of rotatable bonds is 5. The molecule has 0 aliphatic rings. The van der Waals surface area contributed by atoms with E-state index in [1.807, 2.05) is 29.6 Å². The summed E-state index contributed by atoms with van der Waals surface area (Å²) in [5.74, 6) is -0.137. The van der Waals surface area contributed by atoms with E-state index in [0.717, 1.165) is 10.4 Å². The van der Waals surface area contributed by atoms with Crippen LogP contribution >= 0.6 is 11.3 Å². The predicted octanol–water partition coefficient (Wildman–Crippen LogP) is 3.33. The highest BCUT2D eigenvalue weighted by Crippen LogP contribution is 2.18. The lowest BCUT2D eigenvalue weighted by Crippen LogP contribution is -2.20. The van der Waals surface area contributed by atoms with Gasteiger partial charge >= 0.3 is 0 Å². The number of hydrogen-bond acceptors (Lipinski definition) is 3. The van der Waals surface area contributed by atoms with E-state index in [1.54, 1.807) is 25.2 Å². The molecule has 2 aromatic rings. The van der Waals surface area contributed by atoms with Gasteiger partial charge in [-0.05, 0) is 42.0 Å². The topological polar surface area (TPSA) is 32.3 Å². The van der Waals surface area contributed by atoms with Gasteiger partial charge in [-0.25, -0.2) is 4.39 Å². The van der Waals surface area contributed by atoms with E-state index in [0.29, 0.717) is 24.2 Å². The van der Waals surface area contributed by atoms with Gasteiger partial charge in [0.15, 0.2) is 0 Å². The molecule has 0 aliphatic carbocycles. The zero-order chi connectivity index (χ0) is 13.8. The summed E-state index contributed by atoms with van der Waals surface area (Å²) in [6, 6.07) is 7.53. The summed E-state index contributed by atoms with van der Waals surface area (Å²) in [6.07, 6.45) is -0.484. The summed E-state index contributed by atoms with van der Waals surface area (Å²) < 4.78 is 13.5. The fraction of sp³-hybridized carbons (Fsp3) is 0.333. The van der Waals surface area contributed by atoms with E-state index in [-0.39, 0.29) is 5.82 Å². The van der Waals surface area contributed by atoms with Crippen LogP contribution < -0.4 is 5.32 Å². The molecule has 1 heterocycles. The Bertz CT molecular complexity index is 516. The molecular formula is C15H18FNOS. The predicted molar refractivity (Wildman–Crippen MR) is 76.9 cm³/mol. The van der Waals surface area contributed by atoms with Crippen LogP contribution in [0.1, 0.15) is 27.7 Å². The van der Waals surface area contributed by atoms with E-state index in [4.69, 9.17) is 0 Å². The second kappa shape index (κ2) is 6.28. The molecule has 1 aromatic heterocycles. The summed E-state index contributed by atoms with van der Waals surface area (Å²) in [5.41, 5.74) is 2.36. The number of nitrogens with one attached hydrogen (secondary N) is 1. The standard InChI is InChI=1S/C15H18FNOS/c1-10-6-12(7-11(2)15(10)16)8-17-9-13(18)14-4-3-5-19-14/h3-7,13,17-18H,8-9H2,1-2H3. The lowest BCUT2D eigenvalue weighted by Gasteiger charge is -2.11. The molecule has 19 heavy (non-hydrogen) atoms. The number of aliphatic hydroxyl groups is 1. The highest BCUT2D eigenvalue weighted by atomic mass is 32.1. The van der Waals surface area contributed by atoms with Gasteiger partial charge in [-0.15, -0.1) is 11.3 Å². The molecule has 0 spiro atoms. The molecule has 0 bridgehead atoms. The monoisotopic (exact) mass is 279 g/mol. The average Bonchev–Trinajstić information content (AvgIpc) is 2.89. The summed E-state index contributed by atoms with van der Waals surface area (Å²) in [5, 5.41) is 15.1. The fourth-order valence-electron chi connectivity index (χ4n) is 2.07. The number of aliphatic hydroxyl groups excluding tert-OH is 1. The quantitative estimate of drug-likeness (QED) is 0.880.